The van der Waals surface area contributed by atoms with Crippen molar-refractivity contribution in [3.8, 4) is 0 Å². The molecule has 0 aromatic carbocycles. The maximum atomic E-state index is 13.0. The van der Waals surface area contributed by atoms with Crippen LogP contribution in [0.25, 0.3) is 0 Å². The van der Waals surface area contributed by atoms with Crippen LogP contribution in [0.2, 0.25) is 0 Å². The summed E-state index contributed by atoms with van der Waals surface area (Å²) in [7, 11) is 1.87. The first-order chi connectivity index (χ1) is 15.4. The van der Waals surface area contributed by atoms with Gasteiger partial charge in [-0.25, -0.2) is 9.97 Å². The fourth-order valence-electron chi connectivity index (χ4n) is 5.90. The average Bonchev–Trinajstić information content (AvgIpc) is 3.07. The first-order valence-corrected chi connectivity index (χ1v) is 12.5. The second-order valence-corrected chi connectivity index (χ2v) is 10.3. The van der Waals surface area contributed by atoms with Crippen LogP contribution in [0, 0.1) is 11.8 Å². The Bertz CT molecular complexity index is 789. The van der Waals surface area contributed by atoms with Gasteiger partial charge >= 0.3 is 0 Å². The third-order valence-corrected chi connectivity index (χ3v) is 7.89. The van der Waals surface area contributed by atoms with Gasteiger partial charge in [0.1, 0.15) is 5.78 Å². The summed E-state index contributed by atoms with van der Waals surface area (Å²) in [6.45, 7) is 9.33. The van der Waals surface area contributed by atoms with Crippen molar-refractivity contribution in [1.29, 1.82) is 0 Å². The van der Waals surface area contributed by atoms with Gasteiger partial charge < -0.3 is 9.80 Å². The Kier molecular flexibility index (Phi) is 7.13. The van der Waals surface area contributed by atoms with Gasteiger partial charge in [0.15, 0.2) is 0 Å². The molecule has 3 fully saturated rings. The molecule has 7 nitrogen and oxygen atoms in total. The molecule has 3 aliphatic rings. The number of anilines is 1. The van der Waals surface area contributed by atoms with Gasteiger partial charge in [0, 0.05) is 69.5 Å². The maximum absolute atomic E-state index is 13.0. The lowest BCUT2D eigenvalue weighted by atomic mass is 9.79. The van der Waals surface area contributed by atoms with Gasteiger partial charge in [-0.1, -0.05) is 6.92 Å². The number of amides is 1. The van der Waals surface area contributed by atoms with E-state index in [0.717, 1.165) is 51.3 Å². The molecule has 1 aromatic rings. The Morgan fingerprint density at radius 2 is 1.62 bits per heavy atom. The number of rotatable bonds is 7. The third kappa shape index (κ3) is 4.82. The monoisotopic (exact) mass is 441 g/mol. The highest BCUT2D eigenvalue weighted by Gasteiger charge is 2.41. The highest BCUT2D eigenvalue weighted by molar-refractivity contribution is 5.93. The zero-order chi connectivity index (χ0) is 22.8. The van der Waals surface area contributed by atoms with Crippen molar-refractivity contribution in [1.82, 2.24) is 19.8 Å². The zero-order valence-electron chi connectivity index (χ0n) is 20.2. The van der Waals surface area contributed by atoms with Gasteiger partial charge in [0.05, 0.1) is 5.56 Å². The molecule has 3 heterocycles. The van der Waals surface area contributed by atoms with Crippen LogP contribution in [0.5, 0.6) is 0 Å². The Morgan fingerprint density at radius 3 is 2.16 bits per heavy atom. The molecule has 1 saturated carbocycles. The fourth-order valence-corrected chi connectivity index (χ4v) is 5.90. The average molecular weight is 442 g/mol. The largest absolute Gasteiger partial charge is 0.341 e. The normalized spacial score (nSPS) is 28.2. The van der Waals surface area contributed by atoms with E-state index in [1.54, 1.807) is 17.3 Å². The summed E-state index contributed by atoms with van der Waals surface area (Å²) in [6, 6.07) is 1.50. The van der Waals surface area contributed by atoms with Crippen molar-refractivity contribution in [3.63, 3.8) is 0 Å². The van der Waals surface area contributed by atoms with Gasteiger partial charge in [0.2, 0.25) is 5.95 Å². The van der Waals surface area contributed by atoms with Crippen LogP contribution in [-0.2, 0) is 4.79 Å². The minimum absolute atomic E-state index is 0.0177. The highest BCUT2D eigenvalue weighted by Crippen LogP contribution is 2.34. The van der Waals surface area contributed by atoms with E-state index in [-0.39, 0.29) is 11.8 Å². The van der Waals surface area contributed by atoms with Crippen LogP contribution < -0.4 is 4.90 Å². The van der Waals surface area contributed by atoms with Crippen LogP contribution in [0.1, 0.15) is 76.1 Å². The van der Waals surface area contributed by atoms with E-state index in [4.69, 9.17) is 0 Å². The van der Waals surface area contributed by atoms with Crippen LogP contribution in [0.3, 0.4) is 0 Å². The van der Waals surface area contributed by atoms with Crippen molar-refractivity contribution in [2.45, 2.75) is 83.8 Å². The van der Waals surface area contributed by atoms with Crippen molar-refractivity contribution in [2.24, 2.45) is 11.8 Å². The standard InChI is InChI=1S/C25H39N5O2/c1-5-23(31)19-8-6-18(7-9-19)14-28(4)24(32)20-12-26-25(27-13-20)30-21-10-11-22(30)16-29(15-21)17(2)3/h12-13,17-19,21-22H,5-11,14-16H2,1-4H3. The van der Waals surface area contributed by atoms with Crippen LogP contribution in [-0.4, -0.2) is 76.3 Å². The van der Waals surface area contributed by atoms with E-state index in [2.05, 4.69) is 33.6 Å². The van der Waals surface area contributed by atoms with Gasteiger partial charge in [0.25, 0.3) is 5.91 Å². The maximum Gasteiger partial charge on any atom is 0.256 e. The Morgan fingerprint density at radius 1 is 1.03 bits per heavy atom. The molecule has 32 heavy (non-hydrogen) atoms. The summed E-state index contributed by atoms with van der Waals surface area (Å²) in [5.74, 6) is 1.84. The predicted molar refractivity (Wildman–Crippen MR) is 126 cm³/mol. The SMILES string of the molecule is CCC(=O)C1CCC(CN(C)C(=O)c2cnc(N3C4CCC3CN(C(C)C)C4)nc2)CC1. The van der Waals surface area contributed by atoms with E-state index in [1.165, 1.54) is 12.8 Å². The molecule has 1 aromatic heterocycles. The highest BCUT2D eigenvalue weighted by atomic mass is 16.2. The molecular formula is C25H39N5O2. The van der Waals surface area contributed by atoms with Gasteiger partial charge in [-0.05, 0) is 58.3 Å². The molecule has 2 atom stereocenters. The molecule has 7 heteroatoms. The number of Topliss-reactive ketones (excluding diaryl/α,β-unsaturated/α-hetero) is 1. The molecule has 1 amide bonds. The van der Waals surface area contributed by atoms with E-state index >= 15 is 0 Å². The van der Waals surface area contributed by atoms with Crippen LogP contribution >= 0.6 is 0 Å². The fraction of sp³-hybridized carbons (Fsp3) is 0.760. The van der Waals surface area contributed by atoms with Gasteiger partial charge in [-0.2, -0.15) is 0 Å². The molecule has 2 unspecified atom stereocenters. The van der Waals surface area contributed by atoms with Crippen LogP contribution in [0.4, 0.5) is 5.95 Å². The lowest BCUT2D eigenvalue weighted by molar-refractivity contribution is -0.123. The number of hydrogen-bond donors (Lipinski definition) is 0. The number of piperazine rings is 1. The first kappa shape index (κ1) is 23.1. The summed E-state index contributed by atoms with van der Waals surface area (Å²) < 4.78 is 0. The number of likely N-dealkylation sites (tertiary alicyclic amines) is 1. The molecular weight excluding hydrogens is 402 g/mol. The molecule has 2 aliphatic heterocycles. The molecule has 1 aliphatic carbocycles. The lowest BCUT2D eigenvalue weighted by Crippen LogP contribution is -2.56. The number of hydrogen-bond acceptors (Lipinski definition) is 6. The summed E-state index contributed by atoms with van der Waals surface area (Å²) in [6.07, 6.45) is 10.4. The molecule has 2 bridgehead atoms. The predicted octanol–water partition coefficient (Wildman–Crippen LogP) is 3.40. The van der Waals surface area contributed by atoms with Crippen molar-refractivity contribution >= 4 is 17.6 Å². The molecule has 4 rings (SSSR count). The summed E-state index contributed by atoms with van der Waals surface area (Å²) in [5.41, 5.74) is 0.555. The molecule has 0 N–H and O–H groups in total. The molecule has 0 radical (unpaired) electrons. The van der Waals surface area contributed by atoms with E-state index < -0.39 is 0 Å². The minimum atomic E-state index is -0.0177. The quantitative estimate of drug-likeness (QED) is 0.646. The summed E-state index contributed by atoms with van der Waals surface area (Å²) in [4.78, 5) is 40.9. The number of nitrogens with zero attached hydrogens (tertiary/aromatic N) is 5. The Hall–Kier alpha value is -2.02. The topological polar surface area (TPSA) is 69.6 Å². The Balaban J connectivity index is 1.32. The van der Waals surface area contributed by atoms with Gasteiger partial charge in [-0.15, -0.1) is 0 Å². The number of fused-ring (bicyclic) bond motifs is 2. The number of carbonyl (C=O) groups is 2. The zero-order valence-corrected chi connectivity index (χ0v) is 20.2. The smallest absolute Gasteiger partial charge is 0.256 e. The lowest BCUT2D eigenvalue weighted by Gasteiger charge is -2.42. The molecule has 176 valence electrons. The van der Waals surface area contributed by atoms with Crippen molar-refractivity contribution < 1.29 is 9.59 Å². The van der Waals surface area contributed by atoms with Crippen molar-refractivity contribution in [3.05, 3.63) is 18.0 Å². The van der Waals surface area contributed by atoms with Crippen LogP contribution in [0.15, 0.2) is 12.4 Å². The second-order valence-electron chi connectivity index (χ2n) is 10.3. The molecule has 0 spiro atoms. The summed E-state index contributed by atoms with van der Waals surface area (Å²) in [5, 5.41) is 0. The first-order valence-electron chi connectivity index (χ1n) is 12.5. The minimum Gasteiger partial charge on any atom is -0.341 e. The molecule has 2 saturated heterocycles. The van der Waals surface area contributed by atoms with E-state index in [1.807, 2.05) is 14.0 Å². The second kappa shape index (κ2) is 9.86. The number of ketones is 1. The van der Waals surface area contributed by atoms with E-state index in [0.29, 0.717) is 41.8 Å². The number of aromatic nitrogens is 2. The third-order valence-electron chi connectivity index (χ3n) is 7.89. The van der Waals surface area contributed by atoms with Gasteiger partial charge in [-0.3, -0.25) is 14.5 Å². The summed E-state index contributed by atoms with van der Waals surface area (Å²) >= 11 is 0. The van der Waals surface area contributed by atoms with E-state index in [9.17, 15) is 9.59 Å². The number of carbonyl (C=O) groups excluding carboxylic acids is 2. The Labute approximate surface area is 192 Å². The van der Waals surface area contributed by atoms with Crippen molar-refractivity contribution in [2.75, 3.05) is 31.6 Å².